The highest BCUT2D eigenvalue weighted by atomic mass is 16.4. The Balaban J connectivity index is 2.49. The monoisotopic (exact) mass is 213 g/mol. The van der Waals surface area contributed by atoms with Crippen LogP contribution in [0.4, 0.5) is 0 Å². The van der Waals surface area contributed by atoms with Crippen molar-refractivity contribution < 1.29 is 14.7 Å². The lowest BCUT2D eigenvalue weighted by Gasteiger charge is -2.27. The minimum Gasteiger partial charge on any atom is -0.480 e. The van der Waals surface area contributed by atoms with Crippen LogP contribution in [0.1, 0.15) is 40.0 Å². The van der Waals surface area contributed by atoms with E-state index < -0.39 is 17.4 Å². The molecule has 2 N–H and O–H groups in total. The number of carboxylic acids is 1. The molecule has 1 fully saturated rings. The largest absolute Gasteiger partial charge is 0.480 e. The summed E-state index contributed by atoms with van der Waals surface area (Å²) in [5, 5.41) is 11.6. The Morgan fingerprint density at radius 3 is 2.27 bits per heavy atom. The third-order valence-electron chi connectivity index (χ3n) is 2.59. The molecule has 1 atom stereocenters. The molecule has 0 aromatic rings. The van der Waals surface area contributed by atoms with Crippen molar-refractivity contribution >= 4 is 11.9 Å². The maximum absolute atomic E-state index is 11.5. The van der Waals surface area contributed by atoms with Gasteiger partial charge in [-0.05, 0) is 24.2 Å². The summed E-state index contributed by atoms with van der Waals surface area (Å²) in [6.45, 7) is 5.43. The average molecular weight is 213 g/mol. The molecular weight excluding hydrogens is 194 g/mol. The fourth-order valence-electron chi connectivity index (χ4n) is 1.45. The van der Waals surface area contributed by atoms with Crippen LogP contribution in [0.25, 0.3) is 0 Å². The molecule has 1 amide bonds. The second kappa shape index (κ2) is 4.21. The second-order valence-electron chi connectivity index (χ2n) is 5.35. The Bertz CT molecular complexity index is 263. The summed E-state index contributed by atoms with van der Waals surface area (Å²) in [7, 11) is 0. The van der Waals surface area contributed by atoms with Gasteiger partial charge in [0.25, 0.3) is 0 Å². The first kappa shape index (κ1) is 12.0. The third kappa shape index (κ3) is 3.90. The average Bonchev–Trinajstić information content (AvgIpc) is 2.81. The molecule has 4 heteroatoms. The summed E-state index contributed by atoms with van der Waals surface area (Å²) in [4.78, 5) is 22.4. The first-order valence-electron chi connectivity index (χ1n) is 5.33. The van der Waals surface area contributed by atoms with Gasteiger partial charge in [0.1, 0.15) is 6.04 Å². The van der Waals surface area contributed by atoms with Crippen LogP contribution in [0, 0.1) is 11.3 Å². The summed E-state index contributed by atoms with van der Waals surface area (Å²) in [6.07, 6.45) is 2.67. The van der Waals surface area contributed by atoms with Crippen molar-refractivity contribution in [1.82, 2.24) is 5.32 Å². The van der Waals surface area contributed by atoms with Gasteiger partial charge in [-0.3, -0.25) is 4.79 Å². The number of rotatable bonds is 4. The molecule has 15 heavy (non-hydrogen) atoms. The lowest BCUT2D eigenvalue weighted by molar-refractivity contribution is -0.145. The minimum absolute atomic E-state index is 0.139. The molecular formula is C11H19NO3. The predicted molar refractivity (Wildman–Crippen MR) is 56.4 cm³/mol. The van der Waals surface area contributed by atoms with E-state index in [0.717, 1.165) is 12.8 Å². The highest BCUT2D eigenvalue weighted by Crippen LogP contribution is 2.32. The highest BCUT2D eigenvalue weighted by molar-refractivity contribution is 5.84. The first-order chi connectivity index (χ1) is 6.80. The lowest BCUT2D eigenvalue weighted by atomic mass is 9.86. The van der Waals surface area contributed by atoms with Gasteiger partial charge in [-0.1, -0.05) is 20.8 Å². The van der Waals surface area contributed by atoms with Gasteiger partial charge >= 0.3 is 5.97 Å². The molecule has 0 radical (unpaired) electrons. The molecule has 0 aromatic heterocycles. The molecule has 0 unspecified atom stereocenters. The first-order valence-corrected chi connectivity index (χ1v) is 5.33. The Morgan fingerprint density at radius 2 is 1.93 bits per heavy atom. The number of hydrogen-bond donors (Lipinski definition) is 2. The highest BCUT2D eigenvalue weighted by Gasteiger charge is 2.34. The van der Waals surface area contributed by atoms with Crippen LogP contribution in [0.2, 0.25) is 0 Å². The molecule has 1 rings (SSSR count). The number of carbonyl (C=O) groups is 2. The summed E-state index contributed by atoms with van der Waals surface area (Å²) in [5.41, 5.74) is -0.453. The van der Waals surface area contributed by atoms with Crippen LogP contribution in [-0.2, 0) is 9.59 Å². The van der Waals surface area contributed by atoms with Crippen molar-refractivity contribution in [3.63, 3.8) is 0 Å². The molecule has 0 saturated heterocycles. The van der Waals surface area contributed by atoms with Crippen LogP contribution >= 0.6 is 0 Å². The number of carboxylic acid groups (broad SMARTS) is 1. The van der Waals surface area contributed by atoms with E-state index in [1.807, 2.05) is 20.8 Å². The van der Waals surface area contributed by atoms with E-state index in [0.29, 0.717) is 12.3 Å². The van der Waals surface area contributed by atoms with Crippen molar-refractivity contribution in [2.75, 3.05) is 0 Å². The van der Waals surface area contributed by atoms with E-state index in [1.165, 1.54) is 0 Å². The van der Waals surface area contributed by atoms with E-state index in [2.05, 4.69) is 5.32 Å². The summed E-state index contributed by atoms with van der Waals surface area (Å²) in [6, 6.07) is -0.802. The van der Waals surface area contributed by atoms with Gasteiger partial charge in [0.05, 0.1) is 0 Å². The topological polar surface area (TPSA) is 66.4 Å². The van der Waals surface area contributed by atoms with E-state index in [1.54, 1.807) is 0 Å². The summed E-state index contributed by atoms with van der Waals surface area (Å²) in [5.74, 6) is -0.620. The Labute approximate surface area is 90.0 Å². The molecule has 0 spiro atoms. The van der Waals surface area contributed by atoms with Gasteiger partial charge in [0, 0.05) is 6.42 Å². The number of amides is 1. The van der Waals surface area contributed by atoms with Gasteiger partial charge < -0.3 is 10.4 Å². The molecule has 0 heterocycles. The van der Waals surface area contributed by atoms with Crippen molar-refractivity contribution in [3.05, 3.63) is 0 Å². The minimum atomic E-state index is -0.966. The molecule has 1 aliphatic carbocycles. The summed E-state index contributed by atoms with van der Waals surface area (Å²) < 4.78 is 0. The molecule has 0 aromatic carbocycles. The zero-order valence-corrected chi connectivity index (χ0v) is 9.54. The molecule has 86 valence electrons. The fraction of sp³-hybridized carbons (Fsp3) is 0.818. The van der Waals surface area contributed by atoms with Gasteiger partial charge in [-0.2, -0.15) is 0 Å². The van der Waals surface area contributed by atoms with Crippen molar-refractivity contribution in [3.8, 4) is 0 Å². The molecule has 1 aliphatic rings. The van der Waals surface area contributed by atoms with Gasteiger partial charge in [0.2, 0.25) is 5.91 Å². The normalized spacial score (nSPS) is 18.3. The van der Waals surface area contributed by atoms with E-state index in [-0.39, 0.29) is 5.91 Å². The Kier molecular flexibility index (Phi) is 3.37. The molecule has 0 aliphatic heterocycles. The van der Waals surface area contributed by atoms with Crippen LogP contribution in [0.5, 0.6) is 0 Å². The second-order valence-corrected chi connectivity index (χ2v) is 5.35. The van der Waals surface area contributed by atoms with Crippen LogP contribution < -0.4 is 5.32 Å². The van der Waals surface area contributed by atoms with Crippen molar-refractivity contribution in [1.29, 1.82) is 0 Å². The molecule has 1 saturated carbocycles. The number of aliphatic carboxylic acids is 1. The maximum Gasteiger partial charge on any atom is 0.326 e. The van der Waals surface area contributed by atoms with E-state index in [4.69, 9.17) is 5.11 Å². The van der Waals surface area contributed by atoms with E-state index in [9.17, 15) is 9.59 Å². The Hall–Kier alpha value is -1.06. The van der Waals surface area contributed by atoms with Gasteiger partial charge in [-0.15, -0.1) is 0 Å². The molecule has 0 bridgehead atoms. The Morgan fingerprint density at radius 1 is 1.40 bits per heavy atom. The van der Waals surface area contributed by atoms with Gasteiger partial charge in [-0.25, -0.2) is 4.79 Å². The maximum atomic E-state index is 11.5. The fourth-order valence-corrected chi connectivity index (χ4v) is 1.45. The number of carbonyl (C=O) groups excluding carboxylic acids is 1. The quantitative estimate of drug-likeness (QED) is 0.741. The molecule has 4 nitrogen and oxygen atoms in total. The standard InChI is InChI=1S/C11H19NO3/c1-11(2,3)9(10(14)15)12-8(13)6-7-4-5-7/h7,9H,4-6H2,1-3H3,(H,12,13)(H,14,15)/t9-/m0/s1. The zero-order chi connectivity index (χ0) is 11.6. The van der Waals surface area contributed by atoms with Crippen LogP contribution in [0.3, 0.4) is 0 Å². The smallest absolute Gasteiger partial charge is 0.326 e. The predicted octanol–water partition coefficient (Wildman–Crippen LogP) is 1.40. The van der Waals surface area contributed by atoms with Gasteiger partial charge in [0.15, 0.2) is 0 Å². The number of hydrogen-bond acceptors (Lipinski definition) is 2. The van der Waals surface area contributed by atoms with Crippen molar-refractivity contribution in [2.45, 2.75) is 46.1 Å². The van der Waals surface area contributed by atoms with E-state index >= 15 is 0 Å². The van der Waals surface area contributed by atoms with Crippen molar-refractivity contribution in [2.24, 2.45) is 11.3 Å². The van der Waals surface area contributed by atoms with Crippen LogP contribution in [0.15, 0.2) is 0 Å². The summed E-state index contributed by atoms with van der Waals surface area (Å²) >= 11 is 0. The SMILES string of the molecule is CC(C)(C)[C@@H](NC(=O)CC1CC1)C(=O)O. The number of nitrogens with one attached hydrogen (secondary N) is 1. The lowest BCUT2D eigenvalue weighted by Crippen LogP contribution is -2.49. The van der Waals surface area contributed by atoms with Crippen LogP contribution in [-0.4, -0.2) is 23.0 Å². The third-order valence-corrected chi connectivity index (χ3v) is 2.59. The zero-order valence-electron chi connectivity index (χ0n) is 9.54.